The SMILES string of the molecule is Cc1ccc(NC(=O)CN(C)C2CCCC2CN)c(Br)c1. The number of rotatable bonds is 5. The van der Waals surface area contributed by atoms with Crippen LogP contribution in [0.2, 0.25) is 0 Å². The van der Waals surface area contributed by atoms with Crippen molar-refractivity contribution in [2.45, 2.75) is 32.2 Å². The minimum atomic E-state index is 0.0183. The third kappa shape index (κ3) is 4.28. The number of nitrogens with two attached hydrogens (primary N) is 1. The largest absolute Gasteiger partial charge is 0.330 e. The Labute approximate surface area is 135 Å². The van der Waals surface area contributed by atoms with Gasteiger partial charge in [-0.15, -0.1) is 0 Å². The van der Waals surface area contributed by atoms with Crippen LogP contribution in [0.3, 0.4) is 0 Å². The van der Waals surface area contributed by atoms with Gasteiger partial charge in [0.05, 0.1) is 12.2 Å². The molecule has 1 aromatic carbocycles. The standard InChI is InChI=1S/C16H24BrN3O/c1-11-6-7-14(13(17)8-11)19-16(21)10-20(2)15-5-3-4-12(15)9-18/h6-8,12,15H,3-5,9-10,18H2,1-2H3,(H,19,21). The van der Waals surface area contributed by atoms with Gasteiger partial charge in [0.25, 0.3) is 0 Å². The van der Waals surface area contributed by atoms with Gasteiger partial charge in [0.1, 0.15) is 0 Å². The van der Waals surface area contributed by atoms with Crippen LogP contribution in [0.1, 0.15) is 24.8 Å². The van der Waals surface area contributed by atoms with E-state index in [0.29, 0.717) is 25.0 Å². The first-order valence-electron chi connectivity index (χ1n) is 7.47. The first kappa shape index (κ1) is 16.5. The number of anilines is 1. The zero-order valence-electron chi connectivity index (χ0n) is 12.7. The average Bonchev–Trinajstić information content (AvgIpc) is 2.90. The number of benzene rings is 1. The molecule has 0 saturated heterocycles. The number of carbonyl (C=O) groups is 1. The van der Waals surface area contributed by atoms with Crippen LogP contribution in [-0.4, -0.2) is 37.0 Å². The Morgan fingerprint density at radius 2 is 2.24 bits per heavy atom. The van der Waals surface area contributed by atoms with Crippen molar-refractivity contribution in [3.05, 3.63) is 28.2 Å². The molecule has 4 nitrogen and oxygen atoms in total. The average molecular weight is 354 g/mol. The van der Waals surface area contributed by atoms with Gasteiger partial charge in [-0.3, -0.25) is 9.69 Å². The molecule has 0 aliphatic heterocycles. The number of hydrogen-bond donors (Lipinski definition) is 2. The minimum Gasteiger partial charge on any atom is -0.330 e. The molecule has 1 aliphatic carbocycles. The van der Waals surface area contributed by atoms with Crippen LogP contribution in [-0.2, 0) is 4.79 Å². The van der Waals surface area contributed by atoms with Crippen molar-refractivity contribution in [1.82, 2.24) is 4.90 Å². The van der Waals surface area contributed by atoms with E-state index in [9.17, 15) is 4.79 Å². The van der Waals surface area contributed by atoms with Gasteiger partial charge in [-0.2, -0.15) is 0 Å². The summed E-state index contributed by atoms with van der Waals surface area (Å²) in [6, 6.07) is 6.35. The normalized spacial score (nSPS) is 21.8. The Bertz CT molecular complexity index is 506. The van der Waals surface area contributed by atoms with Gasteiger partial charge in [-0.25, -0.2) is 0 Å². The lowest BCUT2D eigenvalue weighted by atomic mass is 10.0. The molecular weight excluding hydrogens is 330 g/mol. The molecule has 0 bridgehead atoms. The zero-order valence-corrected chi connectivity index (χ0v) is 14.3. The predicted molar refractivity (Wildman–Crippen MR) is 90.3 cm³/mol. The summed E-state index contributed by atoms with van der Waals surface area (Å²) < 4.78 is 0.916. The molecule has 1 amide bonds. The van der Waals surface area contributed by atoms with Crippen LogP contribution >= 0.6 is 15.9 Å². The Morgan fingerprint density at radius 1 is 1.48 bits per heavy atom. The van der Waals surface area contributed by atoms with Gasteiger partial charge in [0.2, 0.25) is 5.91 Å². The van der Waals surface area contributed by atoms with Gasteiger partial charge in [-0.05, 0) is 72.9 Å². The highest BCUT2D eigenvalue weighted by Crippen LogP contribution is 2.28. The molecule has 1 aromatic rings. The molecule has 2 unspecified atom stereocenters. The third-order valence-corrected chi connectivity index (χ3v) is 4.94. The fourth-order valence-corrected chi connectivity index (χ4v) is 3.72. The van der Waals surface area contributed by atoms with Crippen LogP contribution in [0.25, 0.3) is 0 Å². The number of nitrogens with one attached hydrogen (secondary N) is 1. The molecule has 2 atom stereocenters. The van der Waals surface area contributed by atoms with Crippen LogP contribution in [0.15, 0.2) is 22.7 Å². The predicted octanol–water partition coefficient (Wildman–Crippen LogP) is 2.76. The summed E-state index contributed by atoms with van der Waals surface area (Å²) in [4.78, 5) is 14.3. The van der Waals surface area contributed by atoms with Crippen LogP contribution in [0.4, 0.5) is 5.69 Å². The lowest BCUT2D eigenvalue weighted by Crippen LogP contribution is -2.41. The number of amides is 1. The minimum absolute atomic E-state index is 0.0183. The van der Waals surface area contributed by atoms with Crippen LogP contribution < -0.4 is 11.1 Å². The summed E-state index contributed by atoms with van der Waals surface area (Å²) in [7, 11) is 2.02. The highest BCUT2D eigenvalue weighted by Gasteiger charge is 2.30. The molecule has 0 aromatic heterocycles. The molecule has 116 valence electrons. The summed E-state index contributed by atoms with van der Waals surface area (Å²) >= 11 is 3.48. The van der Waals surface area contributed by atoms with Gasteiger partial charge >= 0.3 is 0 Å². The van der Waals surface area contributed by atoms with Crippen molar-refractivity contribution in [2.24, 2.45) is 11.7 Å². The molecule has 21 heavy (non-hydrogen) atoms. The van der Waals surface area contributed by atoms with Crippen molar-refractivity contribution < 1.29 is 4.79 Å². The number of halogens is 1. The molecule has 2 rings (SSSR count). The summed E-state index contributed by atoms with van der Waals surface area (Å²) in [6.45, 7) is 3.14. The smallest absolute Gasteiger partial charge is 0.238 e. The van der Waals surface area contributed by atoms with E-state index in [0.717, 1.165) is 22.1 Å². The maximum atomic E-state index is 12.2. The van der Waals surface area contributed by atoms with Crippen molar-refractivity contribution in [1.29, 1.82) is 0 Å². The van der Waals surface area contributed by atoms with E-state index in [1.54, 1.807) is 0 Å². The molecule has 0 spiro atoms. The molecule has 0 radical (unpaired) electrons. The topological polar surface area (TPSA) is 58.4 Å². The Hall–Kier alpha value is -0.910. The number of likely N-dealkylation sites (N-methyl/N-ethyl adjacent to an activating group) is 1. The summed E-state index contributed by atoms with van der Waals surface area (Å²) in [5.41, 5.74) is 7.80. The van der Waals surface area contributed by atoms with Crippen molar-refractivity contribution in [2.75, 3.05) is 25.5 Å². The maximum absolute atomic E-state index is 12.2. The molecule has 3 N–H and O–H groups in total. The second-order valence-corrected chi connectivity index (χ2v) is 6.79. The molecule has 5 heteroatoms. The highest BCUT2D eigenvalue weighted by molar-refractivity contribution is 9.10. The molecular formula is C16H24BrN3O. The van der Waals surface area contributed by atoms with Gasteiger partial charge < -0.3 is 11.1 Å². The van der Waals surface area contributed by atoms with Crippen molar-refractivity contribution >= 4 is 27.5 Å². The monoisotopic (exact) mass is 353 g/mol. The maximum Gasteiger partial charge on any atom is 0.238 e. The van der Waals surface area contributed by atoms with E-state index in [4.69, 9.17) is 5.73 Å². The summed E-state index contributed by atoms with van der Waals surface area (Å²) in [5, 5.41) is 2.97. The Balaban J connectivity index is 1.92. The quantitative estimate of drug-likeness (QED) is 0.855. The number of carbonyl (C=O) groups excluding carboxylic acids is 1. The molecule has 1 aliphatic rings. The van der Waals surface area contributed by atoms with E-state index in [1.807, 2.05) is 32.2 Å². The summed E-state index contributed by atoms with van der Waals surface area (Å²) in [5.74, 6) is 0.540. The first-order chi connectivity index (χ1) is 10.0. The van der Waals surface area contributed by atoms with Crippen molar-refractivity contribution in [3.63, 3.8) is 0 Å². The lowest BCUT2D eigenvalue weighted by molar-refractivity contribution is -0.117. The van der Waals surface area contributed by atoms with E-state index in [2.05, 4.69) is 26.1 Å². The van der Waals surface area contributed by atoms with Gasteiger partial charge in [-0.1, -0.05) is 12.5 Å². The van der Waals surface area contributed by atoms with Gasteiger partial charge in [0, 0.05) is 10.5 Å². The molecule has 1 fully saturated rings. The van der Waals surface area contributed by atoms with Crippen LogP contribution in [0.5, 0.6) is 0 Å². The van der Waals surface area contributed by atoms with Crippen molar-refractivity contribution in [3.8, 4) is 0 Å². The van der Waals surface area contributed by atoms with Crippen LogP contribution in [0, 0.1) is 12.8 Å². The number of aryl methyl sites for hydroxylation is 1. The Morgan fingerprint density at radius 3 is 2.90 bits per heavy atom. The second kappa shape index (κ2) is 7.38. The van der Waals surface area contributed by atoms with Gasteiger partial charge in [0.15, 0.2) is 0 Å². The summed E-state index contributed by atoms with van der Waals surface area (Å²) in [6.07, 6.45) is 3.53. The van der Waals surface area contributed by atoms with E-state index >= 15 is 0 Å². The van der Waals surface area contributed by atoms with E-state index in [-0.39, 0.29) is 5.91 Å². The third-order valence-electron chi connectivity index (χ3n) is 4.28. The Kier molecular flexibility index (Phi) is 5.79. The molecule has 0 heterocycles. The lowest BCUT2D eigenvalue weighted by Gasteiger charge is -2.28. The number of nitrogens with zero attached hydrogens (tertiary/aromatic N) is 1. The highest BCUT2D eigenvalue weighted by atomic mass is 79.9. The first-order valence-corrected chi connectivity index (χ1v) is 8.27. The fraction of sp³-hybridized carbons (Fsp3) is 0.562. The second-order valence-electron chi connectivity index (χ2n) is 5.94. The number of hydrogen-bond acceptors (Lipinski definition) is 3. The van der Waals surface area contributed by atoms with E-state index < -0.39 is 0 Å². The fourth-order valence-electron chi connectivity index (χ4n) is 3.13. The van der Waals surface area contributed by atoms with E-state index in [1.165, 1.54) is 12.8 Å². The molecule has 1 saturated carbocycles. The zero-order chi connectivity index (χ0) is 15.4.